The third-order valence-corrected chi connectivity index (χ3v) is 2.57. The Morgan fingerprint density at radius 3 is 2.94 bits per heavy atom. The van der Waals surface area contributed by atoms with Crippen molar-refractivity contribution in [1.82, 2.24) is 15.4 Å². The smallest absolute Gasteiger partial charge is 0.374 e. The number of aromatic nitrogens is 1. The van der Waals surface area contributed by atoms with Gasteiger partial charge in [-0.2, -0.15) is 0 Å². The zero-order valence-electron chi connectivity index (χ0n) is 9.18. The largest absolute Gasteiger partial charge is 0.475 e. The molecule has 0 unspecified atom stereocenters. The van der Waals surface area contributed by atoms with Crippen LogP contribution in [0.4, 0.5) is 0 Å². The third kappa shape index (κ3) is 2.62. The van der Waals surface area contributed by atoms with Crippen molar-refractivity contribution in [2.75, 3.05) is 26.2 Å². The first kappa shape index (κ1) is 11.6. The number of aromatic carboxylic acids is 1. The average Bonchev–Trinajstić information content (AvgIpc) is 2.65. The highest BCUT2D eigenvalue weighted by Crippen LogP contribution is 2.08. The molecule has 1 amide bonds. The van der Waals surface area contributed by atoms with E-state index in [2.05, 4.69) is 15.0 Å². The molecule has 0 saturated carbocycles. The molecule has 0 spiro atoms. The summed E-state index contributed by atoms with van der Waals surface area (Å²) in [7, 11) is 0. The lowest BCUT2D eigenvalue weighted by atomic mass is 10.3. The molecular weight excluding hydrogens is 226 g/mol. The van der Waals surface area contributed by atoms with Gasteiger partial charge in [0.2, 0.25) is 5.76 Å². The first-order valence-corrected chi connectivity index (χ1v) is 5.38. The molecule has 2 rings (SSSR count). The topological polar surface area (TPSA) is 95.7 Å². The van der Waals surface area contributed by atoms with E-state index in [0.717, 1.165) is 25.6 Å². The van der Waals surface area contributed by atoms with Crippen molar-refractivity contribution in [1.29, 1.82) is 0 Å². The van der Waals surface area contributed by atoms with Gasteiger partial charge in [0.1, 0.15) is 0 Å². The maximum atomic E-state index is 12.0. The maximum absolute atomic E-state index is 12.0. The molecule has 0 aliphatic carbocycles. The minimum Gasteiger partial charge on any atom is -0.475 e. The van der Waals surface area contributed by atoms with Gasteiger partial charge in [0.05, 0.1) is 0 Å². The fourth-order valence-corrected chi connectivity index (χ4v) is 1.69. The summed E-state index contributed by atoms with van der Waals surface area (Å²) in [6, 6.07) is 1.16. The maximum Gasteiger partial charge on any atom is 0.374 e. The number of amides is 1. The quantitative estimate of drug-likeness (QED) is 0.742. The molecule has 1 aromatic heterocycles. The number of hydrogen-bond donors (Lipinski definition) is 2. The second-order valence-electron chi connectivity index (χ2n) is 3.78. The van der Waals surface area contributed by atoms with Crippen LogP contribution in [0.25, 0.3) is 0 Å². The van der Waals surface area contributed by atoms with Crippen LogP contribution in [0.2, 0.25) is 0 Å². The Balaban J connectivity index is 2.09. The lowest BCUT2D eigenvalue weighted by Gasteiger charge is -2.17. The van der Waals surface area contributed by atoms with Gasteiger partial charge in [-0.3, -0.25) is 4.79 Å². The second-order valence-corrected chi connectivity index (χ2v) is 3.78. The van der Waals surface area contributed by atoms with E-state index in [0.29, 0.717) is 13.1 Å². The average molecular weight is 239 g/mol. The lowest BCUT2D eigenvalue weighted by molar-refractivity contribution is 0.0649. The summed E-state index contributed by atoms with van der Waals surface area (Å²) in [5.74, 6) is -1.83. The van der Waals surface area contributed by atoms with Gasteiger partial charge in [0, 0.05) is 25.7 Å². The molecular formula is C10H13N3O4. The van der Waals surface area contributed by atoms with Crippen LogP contribution in [-0.4, -0.2) is 53.2 Å². The van der Waals surface area contributed by atoms with E-state index in [-0.39, 0.29) is 17.4 Å². The van der Waals surface area contributed by atoms with E-state index in [1.54, 1.807) is 4.90 Å². The number of carbonyl (C=O) groups is 2. The molecule has 1 aliphatic heterocycles. The summed E-state index contributed by atoms with van der Waals surface area (Å²) in [5.41, 5.74) is 0.0456. The Hall–Kier alpha value is -1.89. The molecule has 1 aliphatic rings. The van der Waals surface area contributed by atoms with Crippen molar-refractivity contribution < 1.29 is 19.2 Å². The van der Waals surface area contributed by atoms with Crippen molar-refractivity contribution >= 4 is 11.9 Å². The summed E-state index contributed by atoms with van der Waals surface area (Å²) < 4.78 is 4.56. The van der Waals surface area contributed by atoms with Gasteiger partial charge in [0.25, 0.3) is 5.91 Å². The van der Waals surface area contributed by atoms with Crippen LogP contribution in [0.5, 0.6) is 0 Å². The van der Waals surface area contributed by atoms with Crippen LogP contribution in [0, 0.1) is 0 Å². The molecule has 2 heterocycles. The molecule has 1 fully saturated rings. The number of carboxylic acids is 1. The van der Waals surface area contributed by atoms with E-state index in [9.17, 15) is 9.59 Å². The fourth-order valence-electron chi connectivity index (χ4n) is 1.69. The summed E-state index contributed by atoms with van der Waals surface area (Å²) in [5, 5.41) is 15.3. The number of carbonyl (C=O) groups excluding carboxylic acids is 1. The van der Waals surface area contributed by atoms with Gasteiger partial charge in [-0.1, -0.05) is 5.16 Å². The highest BCUT2D eigenvalue weighted by atomic mass is 16.5. The molecule has 1 aromatic rings. The zero-order chi connectivity index (χ0) is 12.3. The van der Waals surface area contributed by atoms with E-state index < -0.39 is 5.97 Å². The third-order valence-electron chi connectivity index (χ3n) is 2.57. The molecule has 7 nitrogen and oxygen atoms in total. The Labute approximate surface area is 97.4 Å². The molecule has 0 radical (unpaired) electrons. The van der Waals surface area contributed by atoms with Gasteiger partial charge in [-0.25, -0.2) is 4.79 Å². The van der Waals surface area contributed by atoms with Crippen LogP contribution in [-0.2, 0) is 0 Å². The van der Waals surface area contributed by atoms with Crippen molar-refractivity contribution in [3.63, 3.8) is 0 Å². The summed E-state index contributed by atoms with van der Waals surface area (Å²) in [6.07, 6.45) is 0.870. The molecule has 0 aromatic carbocycles. The summed E-state index contributed by atoms with van der Waals surface area (Å²) in [4.78, 5) is 24.2. The van der Waals surface area contributed by atoms with Gasteiger partial charge < -0.3 is 19.8 Å². The van der Waals surface area contributed by atoms with Crippen molar-refractivity contribution in [2.24, 2.45) is 0 Å². The number of hydrogen-bond acceptors (Lipinski definition) is 5. The van der Waals surface area contributed by atoms with Gasteiger partial charge >= 0.3 is 5.97 Å². The van der Waals surface area contributed by atoms with Gasteiger partial charge in [0.15, 0.2) is 5.69 Å². The number of nitrogens with one attached hydrogen (secondary N) is 1. The second kappa shape index (κ2) is 4.96. The Kier molecular flexibility index (Phi) is 3.38. The zero-order valence-corrected chi connectivity index (χ0v) is 9.18. The van der Waals surface area contributed by atoms with Crippen LogP contribution < -0.4 is 5.32 Å². The molecule has 0 atom stereocenters. The van der Waals surface area contributed by atoms with E-state index in [1.807, 2.05) is 0 Å². The monoisotopic (exact) mass is 239 g/mol. The molecule has 0 bridgehead atoms. The number of carboxylic acid groups (broad SMARTS) is 1. The molecule has 7 heteroatoms. The van der Waals surface area contributed by atoms with Gasteiger partial charge in [-0.05, 0) is 13.0 Å². The van der Waals surface area contributed by atoms with Crippen LogP contribution >= 0.6 is 0 Å². The normalized spacial score (nSPS) is 16.6. The molecule has 2 N–H and O–H groups in total. The van der Waals surface area contributed by atoms with Crippen molar-refractivity contribution in [3.05, 3.63) is 17.5 Å². The SMILES string of the molecule is O=C(O)c1cc(C(=O)N2CCCNCC2)no1. The predicted molar refractivity (Wildman–Crippen MR) is 56.9 cm³/mol. The standard InChI is InChI=1S/C10H13N3O4/c14-9(13-4-1-2-11-3-5-13)7-6-8(10(15)16)17-12-7/h6,11H,1-5H2,(H,15,16). The molecule has 17 heavy (non-hydrogen) atoms. The summed E-state index contributed by atoms with van der Waals surface area (Å²) >= 11 is 0. The van der Waals surface area contributed by atoms with Crippen LogP contribution in [0.3, 0.4) is 0 Å². The molecule has 92 valence electrons. The van der Waals surface area contributed by atoms with Crippen LogP contribution in [0.15, 0.2) is 10.6 Å². The number of rotatable bonds is 2. The Morgan fingerprint density at radius 2 is 2.24 bits per heavy atom. The highest BCUT2D eigenvalue weighted by molar-refractivity contribution is 5.94. The van der Waals surface area contributed by atoms with E-state index >= 15 is 0 Å². The molecule has 1 saturated heterocycles. The first-order chi connectivity index (χ1) is 8.18. The van der Waals surface area contributed by atoms with E-state index in [1.165, 1.54) is 0 Å². The van der Waals surface area contributed by atoms with Crippen molar-refractivity contribution in [2.45, 2.75) is 6.42 Å². The Bertz CT molecular complexity index is 421. The van der Waals surface area contributed by atoms with Crippen LogP contribution in [0.1, 0.15) is 27.5 Å². The minimum absolute atomic E-state index is 0.0456. The lowest BCUT2D eigenvalue weighted by Crippen LogP contribution is -2.34. The van der Waals surface area contributed by atoms with Gasteiger partial charge in [-0.15, -0.1) is 0 Å². The Morgan fingerprint density at radius 1 is 1.41 bits per heavy atom. The minimum atomic E-state index is -1.23. The summed E-state index contributed by atoms with van der Waals surface area (Å²) in [6.45, 7) is 2.84. The highest BCUT2D eigenvalue weighted by Gasteiger charge is 2.22. The first-order valence-electron chi connectivity index (χ1n) is 5.38. The predicted octanol–water partition coefficient (Wildman–Crippen LogP) is -0.192. The number of nitrogens with zero attached hydrogens (tertiary/aromatic N) is 2. The van der Waals surface area contributed by atoms with E-state index in [4.69, 9.17) is 5.11 Å². The van der Waals surface area contributed by atoms with Crippen molar-refractivity contribution in [3.8, 4) is 0 Å². The fraction of sp³-hybridized carbons (Fsp3) is 0.500.